The van der Waals surface area contributed by atoms with E-state index in [1.165, 1.54) is 36.1 Å². The van der Waals surface area contributed by atoms with Gasteiger partial charge in [-0.05, 0) is 36.8 Å². The van der Waals surface area contributed by atoms with Crippen molar-refractivity contribution in [3.8, 4) is 0 Å². The Kier molecular flexibility index (Phi) is 7.11. The van der Waals surface area contributed by atoms with E-state index in [9.17, 15) is 14.0 Å². The highest BCUT2D eigenvalue weighted by molar-refractivity contribution is 8.02. The average Bonchev–Trinajstić information content (AvgIpc) is 3.26. The van der Waals surface area contributed by atoms with E-state index in [0.29, 0.717) is 26.4 Å². The largest absolute Gasteiger partial charge is 0.328 e. The zero-order valence-electron chi connectivity index (χ0n) is 17.5. The molecule has 1 atom stereocenters. The molecular weight excluding hydrogens is 459 g/mol. The van der Waals surface area contributed by atoms with Crippen LogP contribution in [-0.4, -0.2) is 21.9 Å². The average molecular weight is 479 g/mol. The first-order valence-electron chi connectivity index (χ1n) is 9.98. The first-order valence-corrected chi connectivity index (χ1v) is 11.7. The van der Waals surface area contributed by atoms with Crippen molar-refractivity contribution in [1.29, 1.82) is 0 Å². The molecule has 0 unspecified atom stereocenters. The molecule has 9 heteroatoms. The van der Waals surface area contributed by atoms with Gasteiger partial charge in [0.15, 0.2) is 10.1 Å². The predicted octanol–water partition coefficient (Wildman–Crippen LogP) is 6.10. The molecule has 0 saturated heterocycles. The molecule has 1 heterocycles. The van der Waals surface area contributed by atoms with Gasteiger partial charge in [0.2, 0.25) is 11.0 Å². The van der Waals surface area contributed by atoms with E-state index in [2.05, 4.69) is 20.8 Å². The molecule has 0 spiro atoms. The van der Waals surface area contributed by atoms with E-state index in [0.717, 1.165) is 5.56 Å². The maximum absolute atomic E-state index is 13.9. The summed E-state index contributed by atoms with van der Waals surface area (Å²) in [7, 11) is 0. The van der Waals surface area contributed by atoms with Gasteiger partial charge in [-0.2, -0.15) is 0 Å². The lowest BCUT2D eigenvalue weighted by Gasteiger charge is -2.16. The van der Waals surface area contributed by atoms with Gasteiger partial charge in [-0.25, -0.2) is 4.39 Å². The number of nitrogens with one attached hydrogen (secondary N) is 2. The summed E-state index contributed by atoms with van der Waals surface area (Å²) in [6.45, 7) is 1.48. The number of carbonyl (C=O) groups is 2. The number of para-hydroxylation sites is 1. The van der Waals surface area contributed by atoms with Gasteiger partial charge in [-0.1, -0.05) is 77.7 Å². The fraction of sp³-hybridized carbons (Fsp3) is 0.0833. The van der Waals surface area contributed by atoms with E-state index in [-0.39, 0.29) is 11.7 Å². The van der Waals surface area contributed by atoms with E-state index in [1.54, 1.807) is 42.5 Å². The number of rotatable bonds is 8. The molecule has 0 bridgehead atoms. The number of hydrogen-bond donors (Lipinski definition) is 2. The van der Waals surface area contributed by atoms with E-state index < -0.39 is 11.1 Å². The van der Waals surface area contributed by atoms with Crippen LogP contribution in [0.3, 0.4) is 0 Å². The van der Waals surface area contributed by atoms with Crippen LogP contribution < -0.4 is 10.6 Å². The Morgan fingerprint density at radius 1 is 0.970 bits per heavy atom. The number of carbonyl (C=O) groups excluding carboxylic acids is 2. The van der Waals surface area contributed by atoms with Gasteiger partial charge < -0.3 is 10.6 Å². The number of anilines is 3. The molecule has 166 valence electrons. The molecule has 4 aromatic rings. The minimum absolute atomic E-state index is 0.0798. The SMILES string of the molecule is CC(=O)c1cccc(NC(=O)[C@H](Sc2nnc(Nc3ccccc3F)s2)c2ccccc2)c1. The summed E-state index contributed by atoms with van der Waals surface area (Å²) in [6.07, 6.45) is 0. The summed E-state index contributed by atoms with van der Waals surface area (Å²) in [4.78, 5) is 24.9. The monoisotopic (exact) mass is 478 g/mol. The summed E-state index contributed by atoms with van der Waals surface area (Å²) < 4.78 is 14.5. The van der Waals surface area contributed by atoms with Crippen molar-refractivity contribution in [3.63, 3.8) is 0 Å². The lowest BCUT2D eigenvalue weighted by Crippen LogP contribution is -2.19. The third kappa shape index (κ3) is 5.82. The normalized spacial score (nSPS) is 11.6. The Morgan fingerprint density at radius 3 is 2.48 bits per heavy atom. The van der Waals surface area contributed by atoms with Crippen molar-refractivity contribution in [2.24, 2.45) is 0 Å². The summed E-state index contributed by atoms with van der Waals surface area (Å²) in [5.41, 5.74) is 2.15. The Labute approximate surface area is 198 Å². The van der Waals surface area contributed by atoms with Crippen molar-refractivity contribution < 1.29 is 14.0 Å². The van der Waals surface area contributed by atoms with Crippen LogP contribution in [0.4, 0.5) is 20.9 Å². The summed E-state index contributed by atoms with van der Waals surface area (Å²) in [5.74, 6) is -0.731. The number of halogens is 1. The third-order valence-electron chi connectivity index (χ3n) is 4.62. The fourth-order valence-electron chi connectivity index (χ4n) is 3.01. The molecule has 2 N–H and O–H groups in total. The number of amides is 1. The van der Waals surface area contributed by atoms with Crippen molar-refractivity contribution in [2.75, 3.05) is 10.6 Å². The number of nitrogens with zero attached hydrogens (tertiary/aromatic N) is 2. The topological polar surface area (TPSA) is 84.0 Å². The second-order valence-corrected chi connectivity index (χ2v) is 9.34. The Morgan fingerprint density at radius 2 is 1.73 bits per heavy atom. The zero-order chi connectivity index (χ0) is 23.2. The molecule has 0 aliphatic carbocycles. The van der Waals surface area contributed by atoms with Gasteiger partial charge in [0.1, 0.15) is 11.1 Å². The van der Waals surface area contributed by atoms with E-state index in [4.69, 9.17) is 0 Å². The van der Waals surface area contributed by atoms with Gasteiger partial charge in [-0.3, -0.25) is 9.59 Å². The zero-order valence-corrected chi connectivity index (χ0v) is 19.1. The molecule has 0 radical (unpaired) electrons. The van der Waals surface area contributed by atoms with Crippen LogP contribution in [0, 0.1) is 5.82 Å². The maximum atomic E-state index is 13.9. The molecule has 1 amide bonds. The van der Waals surface area contributed by atoms with Crippen LogP contribution in [0.25, 0.3) is 0 Å². The minimum atomic E-state index is -0.610. The van der Waals surface area contributed by atoms with Crippen LogP contribution in [-0.2, 0) is 4.79 Å². The van der Waals surface area contributed by atoms with Crippen LogP contribution in [0.1, 0.15) is 28.1 Å². The van der Waals surface area contributed by atoms with Crippen LogP contribution >= 0.6 is 23.1 Å². The molecule has 3 aromatic carbocycles. The molecule has 0 fully saturated rings. The second-order valence-electron chi connectivity index (χ2n) is 7.01. The number of thioether (sulfide) groups is 1. The quantitative estimate of drug-likeness (QED) is 0.235. The lowest BCUT2D eigenvalue weighted by molar-refractivity contribution is -0.115. The van der Waals surface area contributed by atoms with E-state index >= 15 is 0 Å². The van der Waals surface area contributed by atoms with Gasteiger partial charge in [0.25, 0.3) is 0 Å². The van der Waals surface area contributed by atoms with Crippen LogP contribution in [0.5, 0.6) is 0 Å². The minimum Gasteiger partial charge on any atom is -0.328 e. The van der Waals surface area contributed by atoms with Gasteiger partial charge >= 0.3 is 0 Å². The number of hydrogen-bond acceptors (Lipinski definition) is 7. The number of aromatic nitrogens is 2. The highest BCUT2D eigenvalue weighted by atomic mass is 32.2. The Bertz CT molecular complexity index is 1280. The first kappa shape index (κ1) is 22.6. The molecular formula is C24H19FN4O2S2. The molecule has 0 saturated carbocycles. The standard InChI is InChI=1S/C24H19FN4O2S2/c1-15(30)17-10-7-11-18(14-17)26-22(31)21(16-8-3-2-4-9-16)32-24-29-28-23(33-24)27-20-13-6-5-12-19(20)25/h2-14,21H,1H3,(H,26,31)(H,27,28)/t21-/m1/s1. The highest BCUT2D eigenvalue weighted by Gasteiger charge is 2.24. The summed E-state index contributed by atoms with van der Waals surface area (Å²) in [5, 5.41) is 13.8. The molecule has 33 heavy (non-hydrogen) atoms. The van der Waals surface area contributed by atoms with Crippen molar-refractivity contribution in [2.45, 2.75) is 16.5 Å². The van der Waals surface area contributed by atoms with Crippen molar-refractivity contribution in [1.82, 2.24) is 10.2 Å². The first-order chi connectivity index (χ1) is 16.0. The molecule has 6 nitrogen and oxygen atoms in total. The number of benzene rings is 3. The highest BCUT2D eigenvalue weighted by Crippen LogP contribution is 2.39. The molecule has 0 aliphatic heterocycles. The Hall–Kier alpha value is -3.56. The molecule has 1 aromatic heterocycles. The molecule has 4 rings (SSSR count). The molecule has 0 aliphatic rings. The second kappa shape index (κ2) is 10.4. The summed E-state index contributed by atoms with van der Waals surface area (Å²) >= 11 is 2.48. The number of ketones is 1. The van der Waals surface area contributed by atoms with Crippen LogP contribution in [0.15, 0.2) is 83.2 Å². The smallest absolute Gasteiger partial charge is 0.242 e. The Balaban J connectivity index is 1.54. The predicted molar refractivity (Wildman–Crippen MR) is 130 cm³/mol. The van der Waals surface area contributed by atoms with E-state index in [1.807, 2.05) is 30.3 Å². The lowest BCUT2D eigenvalue weighted by atomic mass is 10.1. The van der Waals surface area contributed by atoms with Crippen molar-refractivity contribution >= 4 is 51.3 Å². The summed E-state index contributed by atoms with van der Waals surface area (Å²) in [6, 6.07) is 22.4. The fourth-order valence-corrected chi connectivity index (χ4v) is 4.97. The van der Waals surface area contributed by atoms with Crippen LogP contribution in [0.2, 0.25) is 0 Å². The van der Waals surface area contributed by atoms with Gasteiger partial charge in [-0.15, -0.1) is 10.2 Å². The van der Waals surface area contributed by atoms with Gasteiger partial charge in [0, 0.05) is 11.3 Å². The van der Waals surface area contributed by atoms with Crippen molar-refractivity contribution in [3.05, 3.63) is 95.8 Å². The number of Topliss-reactive ketones (excluding diaryl/α,β-unsaturated/α-hetero) is 1. The van der Waals surface area contributed by atoms with Gasteiger partial charge in [0.05, 0.1) is 5.69 Å². The third-order valence-corrected chi connectivity index (χ3v) is 6.79. The maximum Gasteiger partial charge on any atom is 0.242 e.